The summed E-state index contributed by atoms with van der Waals surface area (Å²) in [4.78, 5) is 16.7. The summed E-state index contributed by atoms with van der Waals surface area (Å²) in [6.45, 7) is 4.61. The fourth-order valence-electron chi connectivity index (χ4n) is 2.47. The molecular weight excluding hydrogens is 243 g/mol. The lowest BCUT2D eigenvalue weighted by molar-refractivity contribution is 0.0810. The highest BCUT2D eigenvalue weighted by atomic mass is 19.1. The van der Waals surface area contributed by atoms with Gasteiger partial charge in [-0.2, -0.15) is 0 Å². The number of nitrogens with zero attached hydrogens (tertiary/aromatic N) is 2. The van der Waals surface area contributed by atoms with Crippen LogP contribution in [0.4, 0.5) is 4.39 Å². The van der Waals surface area contributed by atoms with Crippen LogP contribution < -0.4 is 0 Å². The maximum absolute atomic E-state index is 13.2. The van der Waals surface area contributed by atoms with Crippen molar-refractivity contribution >= 4 is 5.78 Å². The minimum atomic E-state index is -0.258. The largest absolute Gasteiger partial charge is 0.304 e. The summed E-state index contributed by atoms with van der Waals surface area (Å²) in [6.07, 6.45) is 0.492. The first-order valence-electron chi connectivity index (χ1n) is 6.65. The Morgan fingerprint density at radius 2 is 2.11 bits per heavy atom. The number of likely N-dealkylation sites (N-methyl/N-ethyl adjacent to an activating group) is 2. The van der Waals surface area contributed by atoms with Gasteiger partial charge in [-0.25, -0.2) is 4.39 Å². The molecule has 0 N–H and O–H groups in total. The van der Waals surface area contributed by atoms with Crippen LogP contribution in [0.3, 0.4) is 0 Å². The molecule has 1 fully saturated rings. The van der Waals surface area contributed by atoms with Crippen LogP contribution in [0.1, 0.15) is 22.3 Å². The Hall–Kier alpha value is -1.26. The van der Waals surface area contributed by atoms with Crippen LogP contribution in [0.5, 0.6) is 0 Å². The van der Waals surface area contributed by atoms with Gasteiger partial charge in [-0.15, -0.1) is 0 Å². The molecule has 1 aliphatic rings. The van der Waals surface area contributed by atoms with E-state index >= 15 is 0 Å². The Kier molecular flexibility index (Phi) is 4.32. The van der Waals surface area contributed by atoms with E-state index in [1.54, 1.807) is 19.1 Å². The Morgan fingerprint density at radius 3 is 2.79 bits per heavy atom. The molecule has 0 aliphatic carbocycles. The number of hydrogen-bond donors (Lipinski definition) is 0. The van der Waals surface area contributed by atoms with Crippen molar-refractivity contribution in [3.63, 3.8) is 0 Å². The van der Waals surface area contributed by atoms with Gasteiger partial charge in [0.2, 0.25) is 0 Å². The molecular formula is C15H21FN2O. The molecule has 1 saturated heterocycles. The topological polar surface area (TPSA) is 23.6 Å². The van der Waals surface area contributed by atoms with Crippen molar-refractivity contribution in [2.24, 2.45) is 0 Å². The van der Waals surface area contributed by atoms with Crippen molar-refractivity contribution in [2.75, 3.05) is 33.7 Å². The lowest BCUT2D eigenvalue weighted by atomic mass is 10.00. The van der Waals surface area contributed by atoms with E-state index in [0.29, 0.717) is 17.5 Å². The second kappa shape index (κ2) is 5.80. The number of piperazine rings is 1. The number of halogens is 1. The van der Waals surface area contributed by atoms with Crippen LogP contribution in [0.15, 0.2) is 18.2 Å². The van der Waals surface area contributed by atoms with Crippen molar-refractivity contribution < 1.29 is 9.18 Å². The molecule has 0 radical (unpaired) electrons. The summed E-state index contributed by atoms with van der Waals surface area (Å²) in [5.74, 6) is -0.165. The summed E-state index contributed by atoms with van der Waals surface area (Å²) < 4.78 is 13.2. The molecule has 1 unspecified atom stereocenters. The summed E-state index contributed by atoms with van der Waals surface area (Å²) in [6, 6.07) is 4.84. The van der Waals surface area contributed by atoms with E-state index in [-0.39, 0.29) is 17.6 Å². The molecule has 3 nitrogen and oxygen atoms in total. The van der Waals surface area contributed by atoms with Crippen molar-refractivity contribution in [3.8, 4) is 0 Å². The maximum Gasteiger partial charge on any atom is 0.164 e. The van der Waals surface area contributed by atoms with Crippen molar-refractivity contribution in [1.82, 2.24) is 9.80 Å². The Morgan fingerprint density at radius 1 is 1.37 bits per heavy atom. The van der Waals surface area contributed by atoms with Crippen molar-refractivity contribution in [3.05, 3.63) is 35.1 Å². The van der Waals surface area contributed by atoms with Crippen molar-refractivity contribution in [2.45, 2.75) is 19.4 Å². The zero-order valence-corrected chi connectivity index (χ0v) is 11.8. The van der Waals surface area contributed by atoms with E-state index in [9.17, 15) is 9.18 Å². The van der Waals surface area contributed by atoms with Gasteiger partial charge in [0.25, 0.3) is 0 Å². The van der Waals surface area contributed by atoms with Crippen LogP contribution in [-0.4, -0.2) is 55.4 Å². The highest BCUT2D eigenvalue weighted by molar-refractivity contribution is 5.96. The SMILES string of the molecule is Cc1cc(C(=O)CC2CN(C)CCN2C)ccc1F. The number of aryl methyl sites for hydroxylation is 1. The predicted octanol–water partition coefficient (Wildman–Crippen LogP) is 1.95. The van der Waals surface area contributed by atoms with Crippen LogP contribution in [0.25, 0.3) is 0 Å². The highest BCUT2D eigenvalue weighted by Gasteiger charge is 2.24. The third-order valence-electron chi connectivity index (χ3n) is 3.88. The third-order valence-corrected chi connectivity index (χ3v) is 3.88. The van der Waals surface area contributed by atoms with Gasteiger partial charge in [-0.05, 0) is 44.8 Å². The van der Waals surface area contributed by atoms with Gasteiger partial charge in [-0.3, -0.25) is 4.79 Å². The number of hydrogen-bond acceptors (Lipinski definition) is 3. The van der Waals surface area contributed by atoms with E-state index in [4.69, 9.17) is 0 Å². The molecule has 1 aliphatic heterocycles. The first kappa shape index (κ1) is 14.2. The Bertz CT molecular complexity index is 475. The standard InChI is InChI=1S/C15H21FN2O/c1-11-8-12(4-5-14(11)16)15(19)9-13-10-17(2)6-7-18(13)3/h4-5,8,13H,6-7,9-10H2,1-3H3. The van der Waals surface area contributed by atoms with Gasteiger partial charge in [0.05, 0.1) is 0 Å². The van der Waals surface area contributed by atoms with E-state index in [1.807, 2.05) is 0 Å². The first-order valence-corrected chi connectivity index (χ1v) is 6.65. The lowest BCUT2D eigenvalue weighted by Gasteiger charge is -2.37. The molecule has 1 heterocycles. The molecule has 0 saturated carbocycles. The van der Waals surface area contributed by atoms with Crippen LogP contribution in [0, 0.1) is 12.7 Å². The Labute approximate surface area is 114 Å². The minimum absolute atomic E-state index is 0.0928. The monoisotopic (exact) mass is 264 g/mol. The Balaban J connectivity index is 2.05. The van der Waals surface area contributed by atoms with Gasteiger partial charge < -0.3 is 9.80 Å². The smallest absolute Gasteiger partial charge is 0.164 e. The average Bonchev–Trinajstić information content (AvgIpc) is 2.37. The van der Waals surface area contributed by atoms with Gasteiger partial charge in [0.15, 0.2) is 5.78 Å². The van der Waals surface area contributed by atoms with Gasteiger partial charge in [0.1, 0.15) is 5.82 Å². The molecule has 0 amide bonds. The number of carbonyl (C=O) groups is 1. The average molecular weight is 264 g/mol. The zero-order valence-electron chi connectivity index (χ0n) is 11.8. The fourth-order valence-corrected chi connectivity index (χ4v) is 2.47. The lowest BCUT2D eigenvalue weighted by Crippen LogP contribution is -2.50. The molecule has 0 aromatic heterocycles. The second-order valence-corrected chi connectivity index (χ2v) is 5.49. The number of Topliss-reactive ketones (excluding diaryl/α,β-unsaturated/α-hetero) is 1. The first-order chi connectivity index (χ1) is 8.97. The summed E-state index contributed by atoms with van der Waals surface area (Å²) in [7, 11) is 4.13. The number of carbonyl (C=O) groups excluding carboxylic acids is 1. The fraction of sp³-hybridized carbons (Fsp3) is 0.533. The molecule has 2 rings (SSSR count). The quantitative estimate of drug-likeness (QED) is 0.780. The molecule has 0 spiro atoms. The van der Waals surface area contributed by atoms with E-state index in [2.05, 4.69) is 23.9 Å². The number of benzene rings is 1. The van der Waals surface area contributed by atoms with E-state index in [1.165, 1.54) is 6.07 Å². The summed E-state index contributed by atoms with van der Waals surface area (Å²) in [5.41, 5.74) is 1.14. The van der Waals surface area contributed by atoms with Gasteiger partial charge in [0, 0.05) is 37.7 Å². The molecule has 1 aromatic carbocycles. The van der Waals surface area contributed by atoms with Gasteiger partial charge >= 0.3 is 0 Å². The zero-order chi connectivity index (χ0) is 14.0. The van der Waals surface area contributed by atoms with E-state index < -0.39 is 0 Å². The van der Waals surface area contributed by atoms with Crippen LogP contribution in [-0.2, 0) is 0 Å². The molecule has 1 aromatic rings. The molecule has 1 atom stereocenters. The highest BCUT2D eigenvalue weighted by Crippen LogP contribution is 2.15. The minimum Gasteiger partial charge on any atom is -0.304 e. The molecule has 19 heavy (non-hydrogen) atoms. The van der Waals surface area contributed by atoms with Crippen LogP contribution in [0.2, 0.25) is 0 Å². The van der Waals surface area contributed by atoms with Crippen LogP contribution >= 0.6 is 0 Å². The van der Waals surface area contributed by atoms with E-state index in [0.717, 1.165) is 19.6 Å². The van der Waals surface area contributed by atoms with Gasteiger partial charge in [-0.1, -0.05) is 0 Å². The summed E-state index contributed by atoms with van der Waals surface area (Å²) in [5, 5.41) is 0. The molecule has 104 valence electrons. The second-order valence-electron chi connectivity index (χ2n) is 5.49. The maximum atomic E-state index is 13.2. The van der Waals surface area contributed by atoms with Crippen molar-refractivity contribution in [1.29, 1.82) is 0 Å². The number of ketones is 1. The normalized spacial score (nSPS) is 21.6. The molecule has 4 heteroatoms. The third kappa shape index (κ3) is 3.39. The number of rotatable bonds is 3. The predicted molar refractivity (Wildman–Crippen MR) is 74.0 cm³/mol. The summed E-state index contributed by atoms with van der Waals surface area (Å²) >= 11 is 0. The molecule has 0 bridgehead atoms.